The Balaban J connectivity index is 2.36. The van der Waals surface area contributed by atoms with Crippen LogP contribution in [0.5, 0.6) is 0 Å². The molecule has 0 saturated heterocycles. The second-order valence-electron chi connectivity index (χ2n) is 5.09. The van der Waals surface area contributed by atoms with Gasteiger partial charge in [0.05, 0.1) is 5.75 Å². The molecule has 0 aliphatic rings. The Hall–Kier alpha value is -1.44. The molecule has 1 amide bonds. The molecule has 1 rings (SSSR count). The first-order valence-corrected chi connectivity index (χ1v) is 9.03. The first-order valence-electron chi connectivity index (χ1n) is 7.38. The number of anilines is 1. The normalized spacial score (nSPS) is 11.5. The number of H-pyrrole nitrogens is 1. The summed E-state index contributed by atoms with van der Waals surface area (Å²) < 4.78 is 24.0. The van der Waals surface area contributed by atoms with Crippen LogP contribution in [0.2, 0.25) is 0 Å². The van der Waals surface area contributed by atoms with Crippen LogP contribution in [0.15, 0.2) is 5.16 Å². The number of aromatic amines is 1. The number of nitrogens with one attached hydrogen (secondary N) is 2. The molecule has 0 unspecified atom stereocenters. The highest BCUT2D eigenvalue weighted by Gasteiger charge is 2.19. The monoisotopic (exact) mass is 316 g/mol. The van der Waals surface area contributed by atoms with Crippen molar-refractivity contribution in [2.45, 2.75) is 63.9 Å². The van der Waals surface area contributed by atoms with Crippen LogP contribution in [0.3, 0.4) is 0 Å². The van der Waals surface area contributed by atoms with Crippen molar-refractivity contribution in [3.05, 3.63) is 0 Å². The Labute approximate surface area is 125 Å². The number of rotatable bonds is 10. The summed E-state index contributed by atoms with van der Waals surface area (Å²) in [5.41, 5.74) is 0. The van der Waals surface area contributed by atoms with Crippen LogP contribution in [-0.4, -0.2) is 35.3 Å². The summed E-state index contributed by atoms with van der Waals surface area (Å²) in [5, 5.41) is 8.16. The van der Waals surface area contributed by atoms with Gasteiger partial charge in [-0.3, -0.25) is 10.1 Å². The van der Waals surface area contributed by atoms with Gasteiger partial charge in [-0.1, -0.05) is 45.4 Å². The minimum absolute atomic E-state index is 0.0133. The molecule has 0 fully saturated rings. The maximum atomic E-state index is 12.0. The fraction of sp³-hybridized carbons (Fsp3) is 0.769. The van der Waals surface area contributed by atoms with Crippen molar-refractivity contribution in [2.24, 2.45) is 0 Å². The van der Waals surface area contributed by atoms with E-state index in [1.807, 2.05) is 0 Å². The number of sulfone groups is 1. The summed E-state index contributed by atoms with van der Waals surface area (Å²) in [5.74, 6) is -0.305. The molecule has 0 spiro atoms. The van der Waals surface area contributed by atoms with Crippen molar-refractivity contribution in [3.63, 3.8) is 0 Å². The van der Waals surface area contributed by atoms with Gasteiger partial charge in [-0.15, -0.1) is 5.10 Å². The van der Waals surface area contributed by atoms with E-state index >= 15 is 0 Å². The minimum atomic E-state index is -3.45. The maximum Gasteiger partial charge on any atom is 0.249 e. The second-order valence-corrected chi connectivity index (χ2v) is 7.11. The Morgan fingerprint density at radius 2 is 1.76 bits per heavy atom. The van der Waals surface area contributed by atoms with Crippen molar-refractivity contribution in [3.8, 4) is 0 Å². The zero-order valence-electron chi connectivity index (χ0n) is 12.7. The van der Waals surface area contributed by atoms with E-state index in [2.05, 4.69) is 27.4 Å². The third kappa shape index (κ3) is 6.70. The highest BCUT2D eigenvalue weighted by molar-refractivity contribution is 7.91. The number of unbranched alkanes of at least 4 members (excludes halogenated alkanes) is 6. The van der Waals surface area contributed by atoms with E-state index in [1.165, 1.54) is 26.2 Å². The van der Waals surface area contributed by atoms with Gasteiger partial charge in [0.1, 0.15) is 0 Å². The molecule has 0 aliphatic carbocycles. The smallest absolute Gasteiger partial charge is 0.249 e. The molecule has 0 saturated carbocycles. The Morgan fingerprint density at radius 1 is 1.14 bits per heavy atom. The number of amides is 1. The number of nitrogens with zero attached hydrogens (tertiary/aromatic N) is 2. The number of hydrogen-bond donors (Lipinski definition) is 2. The van der Waals surface area contributed by atoms with Gasteiger partial charge in [0.2, 0.25) is 26.8 Å². The van der Waals surface area contributed by atoms with Crippen LogP contribution in [0.25, 0.3) is 0 Å². The molecule has 7 nitrogen and oxygen atoms in total. The van der Waals surface area contributed by atoms with Gasteiger partial charge in [-0.2, -0.15) is 4.98 Å². The van der Waals surface area contributed by atoms with E-state index in [0.29, 0.717) is 6.42 Å². The molecule has 8 heteroatoms. The molecule has 0 aromatic carbocycles. The summed E-state index contributed by atoms with van der Waals surface area (Å²) in [4.78, 5) is 14.6. The molecular weight excluding hydrogens is 292 g/mol. The number of carbonyl (C=O) groups is 1. The predicted molar refractivity (Wildman–Crippen MR) is 80.7 cm³/mol. The van der Waals surface area contributed by atoms with Gasteiger partial charge >= 0.3 is 0 Å². The van der Waals surface area contributed by atoms with Gasteiger partial charge < -0.3 is 0 Å². The molecule has 0 bridgehead atoms. The third-order valence-electron chi connectivity index (χ3n) is 3.06. The summed E-state index contributed by atoms with van der Waals surface area (Å²) in [7, 11) is -3.45. The lowest BCUT2D eigenvalue weighted by molar-refractivity contribution is -0.114. The van der Waals surface area contributed by atoms with Crippen molar-refractivity contribution in [2.75, 3.05) is 11.1 Å². The molecule has 1 heterocycles. The van der Waals surface area contributed by atoms with Gasteiger partial charge in [-0.25, -0.2) is 13.5 Å². The van der Waals surface area contributed by atoms with Gasteiger partial charge in [0.25, 0.3) is 0 Å². The second kappa shape index (κ2) is 8.76. The van der Waals surface area contributed by atoms with E-state index in [-0.39, 0.29) is 22.8 Å². The highest BCUT2D eigenvalue weighted by Crippen LogP contribution is 2.12. The van der Waals surface area contributed by atoms with Gasteiger partial charge in [0.15, 0.2) is 0 Å². The lowest BCUT2D eigenvalue weighted by atomic mass is 10.1. The molecule has 0 radical (unpaired) electrons. The van der Waals surface area contributed by atoms with Crippen LogP contribution >= 0.6 is 0 Å². The molecule has 2 N–H and O–H groups in total. The van der Waals surface area contributed by atoms with E-state index in [9.17, 15) is 13.2 Å². The van der Waals surface area contributed by atoms with Crippen LogP contribution < -0.4 is 5.32 Å². The maximum absolute atomic E-state index is 12.0. The lowest BCUT2D eigenvalue weighted by Crippen LogP contribution is -2.10. The number of aromatic nitrogens is 3. The first-order chi connectivity index (χ1) is 9.95. The quantitative estimate of drug-likeness (QED) is 0.644. The molecule has 1 aromatic rings. The Bertz CT molecular complexity index is 539. The zero-order chi connectivity index (χ0) is 15.7. The summed E-state index contributed by atoms with van der Waals surface area (Å²) in [6.07, 6.45) is 7.39. The summed E-state index contributed by atoms with van der Waals surface area (Å²) in [6, 6.07) is 0. The van der Waals surface area contributed by atoms with Crippen molar-refractivity contribution in [1.29, 1.82) is 0 Å². The summed E-state index contributed by atoms with van der Waals surface area (Å²) in [6.45, 7) is 3.47. The zero-order valence-corrected chi connectivity index (χ0v) is 13.5. The lowest BCUT2D eigenvalue weighted by Gasteiger charge is -2.01. The van der Waals surface area contributed by atoms with Crippen LogP contribution in [0.4, 0.5) is 5.95 Å². The molecule has 1 aromatic heterocycles. The fourth-order valence-electron chi connectivity index (χ4n) is 1.95. The summed E-state index contributed by atoms with van der Waals surface area (Å²) >= 11 is 0. The van der Waals surface area contributed by atoms with E-state index < -0.39 is 9.84 Å². The predicted octanol–water partition coefficient (Wildman–Crippen LogP) is 2.29. The SMILES string of the molecule is CCCCCCCCCS(=O)(=O)c1nc(NC(C)=O)n[nH]1. The van der Waals surface area contributed by atoms with Crippen LogP contribution in [0, 0.1) is 0 Å². The number of carbonyl (C=O) groups excluding carboxylic acids is 1. The number of hydrogen-bond acceptors (Lipinski definition) is 5. The third-order valence-corrected chi connectivity index (χ3v) is 4.66. The topological polar surface area (TPSA) is 105 Å². The van der Waals surface area contributed by atoms with E-state index in [0.717, 1.165) is 19.3 Å². The Kier molecular flexibility index (Phi) is 7.35. The Morgan fingerprint density at radius 3 is 2.38 bits per heavy atom. The van der Waals surface area contributed by atoms with Crippen molar-refractivity contribution in [1.82, 2.24) is 15.2 Å². The van der Waals surface area contributed by atoms with Gasteiger partial charge in [0, 0.05) is 6.92 Å². The fourth-order valence-corrected chi connectivity index (χ4v) is 3.13. The van der Waals surface area contributed by atoms with Crippen LogP contribution in [-0.2, 0) is 14.6 Å². The molecule has 120 valence electrons. The van der Waals surface area contributed by atoms with Gasteiger partial charge in [-0.05, 0) is 6.42 Å². The van der Waals surface area contributed by atoms with Crippen LogP contribution in [0.1, 0.15) is 58.8 Å². The highest BCUT2D eigenvalue weighted by atomic mass is 32.2. The van der Waals surface area contributed by atoms with E-state index in [1.54, 1.807) is 0 Å². The minimum Gasteiger partial charge on any atom is -0.293 e. The average molecular weight is 316 g/mol. The largest absolute Gasteiger partial charge is 0.293 e. The van der Waals surface area contributed by atoms with Crippen molar-refractivity contribution >= 4 is 21.7 Å². The molecule has 21 heavy (non-hydrogen) atoms. The first kappa shape index (κ1) is 17.6. The van der Waals surface area contributed by atoms with E-state index in [4.69, 9.17) is 0 Å². The molecule has 0 aliphatic heterocycles. The standard InChI is InChI=1S/C13H24N4O3S/c1-3-4-5-6-7-8-9-10-21(19,20)13-15-12(16-17-13)14-11(2)18/h3-10H2,1-2H3,(H2,14,15,16,17,18). The van der Waals surface area contributed by atoms with Crippen molar-refractivity contribution < 1.29 is 13.2 Å². The molecular formula is C13H24N4O3S. The molecule has 0 atom stereocenters. The average Bonchev–Trinajstić information content (AvgIpc) is 2.86.